The van der Waals surface area contributed by atoms with Gasteiger partial charge in [0.2, 0.25) is 0 Å². The predicted octanol–water partition coefficient (Wildman–Crippen LogP) is 3.00. The summed E-state index contributed by atoms with van der Waals surface area (Å²) in [5.74, 6) is 1.14. The third-order valence-electron chi connectivity index (χ3n) is 1.85. The smallest absolute Gasteiger partial charge is 0.127 e. The Morgan fingerprint density at radius 1 is 1.33 bits per heavy atom. The lowest BCUT2D eigenvalue weighted by Crippen LogP contribution is -1.98. The van der Waals surface area contributed by atoms with Crippen molar-refractivity contribution >= 4 is 0 Å². The van der Waals surface area contributed by atoms with E-state index < -0.39 is 0 Å². The fourth-order valence-electron chi connectivity index (χ4n) is 1.33. The molecule has 68 valence electrons. The van der Waals surface area contributed by atoms with Gasteiger partial charge in [0.05, 0.1) is 5.69 Å². The highest BCUT2D eigenvalue weighted by atomic mass is 16.5. The molecule has 0 saturated heterocycles. The first kappa shape index (κ1) is 9.30. The molecule has 0 spiro atoms. The Labute approximate surface area is 74.0 Å². The Morgan fingerprint density at radius 3 is 2.50 bits per heavy atom. The van der Waals surface area contributed by atoms with E-state index in [0.717, 1.165) is 12.1 Å². The molecule has 0 saturated carbocycles. The van der Waals surface area contributed by atoms with Crippen LogP contribution in [0.25, 0.3) is 0 Å². The maximum absolute atomic E-state index is 4.96. The topological polar surface area (TPSA) is 26.0 Å². The van der Waals surface area contributed by atoms with Gasteiger partial charge in [0.15, 0.2) is 0 Å². The molecule has 0 aliphatic rings. The third kappa shape index (κ3) is 2.10. The Bertz CT molecular complexity index is 238. The van der Waals surface area contributed by atoms with Gasteiger partial charge in [-0.15, -0.1) is 0 Å². The summed E-state index contributed by atoms with van der Waals surface area (Å²) in [5, 5.41) is 3.99. The van der Waals surface area contributed by atoms with Crippen molar-refractivity contribution in [3.8, 4) is 0 Å². The Morgan fingerprint density at radius 2 is 2.00 bits per heavy atom. The number of nitrogens with zero attached hydrogens (tertiary/aromatic N) is 1. The molecule has 0 aromatic carbocycles. The zero-order valence-corrected chi connectivity index (χ0v) is 8.29. The van der Waals surface area contributed by atoms with E-state index in [2.05, 4.69) is 32.9 Å². The molecule has 0 unspecified atom stereocenters. The summed E-state index contributed by atoms with van der Waals surface area (Å²) in [6.45, 7) is 8.69. The monoisotopic (exact) mass is 167 g/mol. The molecule has 1 rings (SSSR count). The highest BCUT2D eigenvalue weighted by Crippen LogP contribution is 2.19. The van der Waals surface area contributed by atoms with Crippen LogP contribution in [-0.4, -0.2) is 5.16 Å². The summed E-state index contributed by atoms with van der Waals surface area (Å²) < 4.78 is 4.96. The van der Waals surface area contributed by atoms with Crippen molar-refractivity contribution in [2.75, 3.05) is 0 Å². The lowest BCUT2D eigenvalue weighted by Gasteiger charge is -2.05. The highest BCUT2D eigenvalue weighted by molar-refractivity contribution is 5.18. The number of rotatable bonds is 3. The molecule has 0 aliphatic heterocycles. The molecule has 12 heavy (non-hydrogen) atoms. The van der Waals surface area contributed by atoms with Crippen molar-refractivity contribution in [1.82, 2.24) is 5.16 Å². The van der Waals surface area contributed by atoms with E-state index in [-0.39, 0.29) is 0 Å². The van der Waals surface area contributed by atoms with E-state index in [4.69, 9.17) is 4.52 Å². The van der Waals surface area contributed by atoms with Gasteiger partial charge in [0.25, 0.3) is 0 Å². The molecular formula is C10H17NO. The minimum absolute atomic E-state index is 0.470. The summed E-state index contributed by atoms with van der Waals surface area (Å²) in [6.07, 6.45) is 2.84. The Balaban J connectivity index is 2.77. The SMILES string of the molecule is CC(C)Cc1conc1C(C)C. The molecule has 2 heteroatoms. The van der Waals surface area contributed by atoms with Gasteiger partial charge < -0.3 is 4.52 Å². The maximum atomic E-state index is 4.96. The summed E-state index contributed by atoms with van der Waals surface area (Å²) in [6, 6.07) is 0. The zero-order valence-electron chi connectivity index (χ0n) is 8.29. The summed E-state index contributed by atoms with van der Waals surface area (Å²) in [7, 11) is 0. The molecule has 2 nitrogen and oxygen atoms in total. The second-order valence-corrected chi connectivity index (χ2v) is 3.98. The van der Waals surface area contributed by atoms with E-state index in [9.17, 15) is 0 Å². The lowest BCUT2D eigenvalue weighted by molar-refractivity contribution is 0.408. The molecule has 0 bridgehead atoms. The van der Waals surface area contributed by atoms with Crippen LogP contribution in [0.3, 0.4) is 0 Å². The summed E-state index contributed by atoms with van der Waals surface area (Å²) in [5.41, 5.74) is 2.38. The summed E-state index contributed by atoms with van der Waals surface area (Å²) in [4.78, 5) is 0. The first-order valence-corrected chi connectivity index (χ1v) is 4.54. The molecule has 1 aromatic heterocycles. The van der Waals surface area contributed by atoms with Crippen LogP contribution >= 0.6 is 0 Å². The number of hydrogen-bond acceptors (Lipinski definition) is 2. The molecule has 1 heterocycles. The molecular weight excluding hydrogens is 150 g/mol. The van der Waals surface area contributed by atoms with Crippen molar-refractivity contribution in [2.45, 2.75) is 40.0 Å². The quantitative estimate of drug-likeness (QED) is 0.691. The van der Waals surface area contributed by atoms with Crippen molar-refractivity contribution in [2.24, 2.45) is 5.92 Å². The molecule has 0 fully saturated rings. The van der Waals surface area contributed by atoms with Crippen molar-refractivity contribution < 1.29 is 4.52 Å². The molecule has 0 radical (unpaired) electrons. The van der Waals surface area contributed by atoms with Crippen LogP contribution in [0.1, 0.15) is 44.9 Å². The first-order chi connectivity index (χ1) is 5.61. The molecule has 0 N–H and O–H groups in total. The van der Waals surface area contributed by atoms with Crippen LogP contribution in [0, 0.1) is 5.92 Å². The van der Waals surface area contributed by atoms with Crippen molar-refractivity contribution in [3.63, 3.8) is 0 Å². The fraction of sp³-hybridized carbons (Fsp3) is 0.700. The van der Waals surface area contributed by atoms with Gasteiger partial charge in [-0.05, 0) is 18.3 Å². The molecule has 0 atom stereocenters. The van der Waals surface area contributed by atoms with Gasteiger partial charge in [-0.3, -0.25) is 0 Å². The van der Waals surface area contributed by atoms with Crippen LogP contribution < -0.4 is 0 Å². The Hall–Kier alpha value is -0.790. The van der Waals surface area contributed by atoms with Gasteiger partial charge in [-0.2, -0.15) is 0 Å². The summed E-state index contributed by atoms with van der Waals surface area (Å²) >= 11 is 0. The van der Waals surface area contributed by atoms with E-state index in [1.54, 1.807) is 6.26 Å². The van der Waals surface area contributed by atoms with Crippen LogP contribution in [0.5, 0.6) is 0 Å². The van der Waals surface area contributed by atoms with E-state index in [1.165, 1.54) is 5.56 Å². The fourth-order valence-corrected chi connectivity index (χ4v) is 1.33. The van der Waals surface area contributed by atoms with E-state index in [1.807, 2.05) is 0 Å². The number of aromatic nitrogens is 1. The average Bonchev–Trinajstić information content (AvgIpc) is 2.33. The standard InChI is InChI=1S/C10H17NO/c1-7(2)5-9-6-12-11-10(9)8(3)4/h6-8H,5H2,1-4H3. The largest absolute Gasteiger partial charge is 0.364 e. The molecule has 1 aromatic rings. The predicted molar refractivity (Wildman–Crippen MR) is 49.1 cm³/mol. The van der Waals surface area contributed by atoms with Gasteiger partial charge in [0, 0.05) is 5.56 Å². The third-order valence-corrected chi connectivity index (χ3v) is 1.85. The van der Waals surface area contributed by atoms with Crippen LogP contribution in [-0.2, 0) is 6.42 Å². The molecule has 0 aliphatic carbocycles. The van der Waals surface area contributed by atoms with E-state index >= 15 is 0 Å². The first-order valence-electron chi connectivity index (χ1n) is 4.54. The van der Waals surface area contributed by atoms with Crippen molar-refractivity contribution in [3.05, 3.63) is 17.5 Å². The second kappa shape index (κ2) is 3.74. The lowest BCUT2D eigenvalue weighted by atomic mass is 9.99. The Kier molecular flexibility index (Phi) is 2.90. The van der Waals surface area contributed by atoms with Gasteiger partial charge in [-0.1, -0.05) is 32.9 Å². The second-order valence-electron chi connectivity index (χ2n) is 3.98. The maximum Gasteiger partial charge on any atom is 0.127 e. The van der Waals surface area contributed by atoms with Gasteiger partial charge in [-0.25, -0.2) is 0 Å². The van der Waals surface area contributed by atoms with Crippen LogP contribution in [0.15, 0.2) is 10.8 Å². The highest BCUT2D eigenvalue weighted by Gasteiger charge is 2.11. The van der Waals surface area contributed by atoms with Gasteiger partial charge in [0.1, 0.15) is 6.26 Å². The number of hydrogen-bond donors (Lipinski definition) is 0. The zero-order chi connectivity index (χ0) is 9.14. The normalized spacial score (nSPS) is 11.5. The van der Waals surface area contributed by atoms with E-state index in [0.29, 0.717) is 11.8 Å². The van der Waals surface area contributed by atoms with Crippen LogP contribution in [0.2, 0.25) is 0 Å². The average molecular weight is 167 g/mol. The van der Waals surface area contributed by atoms with Crippen molar-refractivity contribution in [1.29, 1.82) is 0 Å². The molecule has 0 amide bonds. The van der Waals surface area contributed by atoms with Crippen LogP contribution in [0.4, 0.5) is 0 Å². The minimum atomic E-state index is 0.470. The minimum Gasteiger partial charge on any atom is -0.364 e. The van der Waals surface area contributed by atoms with Gasteiger partial charge >= 0.3 is 0 Å².